The number of carbonyl (C=O) groups excluding carboxylic acids is 1. The van der Waals surface area contributed by atoms with Crippen LogP contribution >= 0.6 is 45.8 Å². The van der Waals surface area contributed by atoms with Gasteiger partial charge in [-0.1, -0.05) is 35.3 Å². The average molecular weight is 831 g/mol. The van der Waals surface area contributed by atoms with Crippen LogP contribution in [0.1, 0.15) is 21.5 Å². The van der Waals surface area contributed by atoms with E-state index in [0.717, 1.165) is 55.7 Å². The second-order valence-electron chi connectivity index (χ2n) is 11.6. The number of aromatic nitrogens is 6. The molecule has 2 aromatic carbocycles. The van der Waals surface area contributed by atoms with Crippen molar-refractivity contribution in [2.45, 2.75) is 13.1 Å². The third-order valence-electron chi connectivity index (χ3n) is 8.39. The fourth-order valence-electron chi connectivity index (χ4n) is 5.95. The van der Waals surface area contributed by atoms with E-state index >= 15 is 0 Å². The van der Waals surface area contributed by atoms with Gasteiger partial charge in [-0.3, -0.25) is 9.97 Å². The van der Waals surface area contributed by atoms with Gasteiger partial charge in [0.2, 0.25) is 11.8 Å². The molecule has 0 radical (unpaired) electrons. The highest BCUT2D eigenvalue weighted by Crippen LogP contribution is 2.28. The summed E-state index contributed by atoms with van der Waals surface area (Å²) >= 11 is 14.4. The maximum absolute atomic E-state index is 12.2. The number of nitrogens with zero attached hydrogens (tertiary/aromatic N) is 6. The molecule has 6 heterocycles. The Kier molecular flexibility index (Phi) is 9.94. The average Bonchev–Trinajstić information content (AvgIpc) is 3.66. The van der Waals surface area contributed by atoms with Crippen LogP contribution in [0.4, 0.5) is 0 Å². The predicted octanol–water partition coefficient (Wildman–Crippen LogP) is 8.98. The van der Waals surface area contributed by atoms with Gasteiger partial charge in [0, 0.05) is 75.1 Å². The highest BCUT2D eigenvalue weighted by atomic mass is 127. The molecule has 0 fully saturated rings. The smallest absolute Gasteiger partial charge is 0.340 e. The molecule has 8 rings (SSSR count). The SMILES string of the molecule is COC(=O)c1cn(Cc2ccc3ncc(Cl)cc3c2)c2cnc(OC)cc12.COc1cc2c(I)cn(Cc3ccc4ncc(Cl)cc4c3)c2cn1. The number of ether oxygens (including phenoxy) is 3. The van der Waals surface area contributed by atoms with Crippen LogP contribution in [0.3, 0.4) is 0 Å². The molecule has 10 nitrogen and oxygen atoms in total. The van der Waals surface area contributed by atoms with Crippen molar-refractivity contribution in [1.82, 2.24) is 29.1 Å². The van der Waals surface area contributed by atoms with E-state index in [1.165, 1.54) is 23.4 Å². The summed E-state index contributed by atoms with van der Waals surface area (Å²) < 4.78 is 20.7. The maximum Gasteiger partial charge on any atom is 0.340 e. The molecule has 0 amide bonds. The van der Waals surface area contributed by atoms with Gasteiger partial charge in [0.15, 0.2) is 0 Å². The van der Waals surface area contributed by atoms with E-state index in [1.54, 1.807) is 38.0 Å². The van der Waals surface area contributed by atoms with Crippen LogP contribution in [0.5, 0.6) is 11.8 Å². The van der Waals surface area contributed by atoms with Crippen LogP contribution < -0.4 is 9.47 Å². The number of hydrogen-bond donors (Lipinski definition) is 0. The van der Waals surface area contributed by atoms with Crippen LogP contribution in [-0.2, 0) is 17.8 Å². The molecule has 0 N–H and O–H groups in total. The highest BCUT2D eigenvalue weighted by Gasteiger charge is 2.17. The molecule has 6 aromatic heterocycles. The first-order chi connectivity index (χ1) is 24.7. The summed E-state index contributed by atoms with van der Waals surface area (Å²) in [5.41, 5.74) is 6.44. The van der Waals surface area contributed by atoms with Crippen LogP contribution in [0.25, 0.3) is 43.6 Å². The largest absolute Gasteiger partial charge is 0.481 e. The molecule has 0 spiro atoms. The molecular weight excluding hydrogens is 802 g/mol. The van der Waals surface area contributed by atoms with E-state index in [0.29, 0.717) is 33.9 Å². The summed E-state index contributed by atoms with van der Waals surface area (Å²) in [6, 6.07) is 19.8. The number of methoxy groups -OCH3 is 3. The van der Waals surface area contributed by atoms with Crippen molar-refractivity contribution in [3.63, 3.8) is 0 Å². The van der Waals surface area contributed by atoms with E-state index in [2.05, 4.69) is 65.4 Å². The van der Waals surface area contributed by atoms with E-state index in [9.17, 15) is 4.79 Å². The van der Waals surface area contributed by atoms with Crippen LogP contribution in [0.2, 0.25) is 10.0 Å². The number of fused-ring (bicyclic) bond motifs is 4. The molecule has 0 aliphatic heterocycles. The minimum absolute atomic E-state index is 0.401. The molecule has 0 saturated heterocycles. The Labute approximate surface area is 316 Å². The summed E-state index contributed by atoms with van der Waals surface area (Å²) in [7, 11) is 4.54. The predicted molar refractivity (Wildman–Crippen MR) is 208 cm³/mol. The molecule has 0 atom stereocenters. The van der Waals surface area contributed by atoms with Crippen LogP contribution in [0, 0.1) is 3.57 Å². The molecule has 0 bridgehead atoms. The maximum atomic E-state index is 12.2. The Morgan fingerprint density at radius 2 is 1.18 bits per heavy atom. The van der Waals surface area contributed by atoms with Crippen molar-refractivity contribution < 1.29 is 19.0 Å². The zero-order chi connectivity index (χ0) is 35.6. The normalized spacial score (nSPS) is 11.2. The lowest BCUT2D eigenvalue weighted by Gasteiger charge is -2.07. The minimum Gasteiger partial charge on any atom is -0.481 e. The van der Waals surface area contributed by atoms with Gasteiger partial charge >= 0.3 is 5.97 Å². The number of benzene rings is 2. The highest BCUT2D eigenvalue weighted by molar-refractivity contribution is 14.1. The molecule has 13 heteroatoms. The van der Waals surface area contributed by atoms with Gasteiger partial charge in [0.25, 0.3) is 0 Å². The van der Waals surface area contributed by atoms with Crippen molar-refractivity contribution in [2.75, 3.05) is 21.3 Å². The third-order valence-corrected chi connectivity index (χ3v) is 9.66. The summed E-state index contributed by atoms with van der Waals surface area (Å²) in [6.07, 6.45) is 10.8. The Bertz CT molecular complexity index is 2590. The number of pyridine rings is 4. The molecule has 0 unspecified atom stereocenters. The lowest BCUT2D eigenvalue weighted by molar-refractivity contribution is 0.0602. The quantitative estimate of drug-likeness (QED) is 0.116. The molecular formula is C38H29Cl2IN6O4. The fraction of sp³-hybridized carbons (Fsp3) is 0.132. The first-order valence-electron chi connectivity index (χ1n) is 15.6. The Hall–Kier alpha value is -4.98. The summed E-state index contributed by atoms with van der Waals surface area (Å²) in [4.78, 5) is 29.4. The minimum atomic E-state index is -0.401. The van der Waals surface area contributed by atoms with Crippen LogP contribution in [-0.4, -0.2) is 56.4 Å². The van der Waals surface area contributed by atoms with Gasteiger partial charge < -0.3 is 23.3 Å². The number of esters is 1. The Morgan fingerprint density at radius 3 is 1.71 bits per heavy atom. The number of carbonyl (C=O) groups is 1. The first kappa shape index (κ1) is 34.5. The molecule has 256 valence electrons. The standard InChI is InChI=1S/C20H16ClN3O3.C18H13ClIN3O/c1-26-19-7-15-16(20(25)27-2)11-24(18(15)9-23-19)10-12-3-4-17-13(5-12)6-14(21)8-22-17;1-24-18-6-14-15(20)10-23(17(14)8-22-18)9-11-2-3-16-12(4-11)5-13(19)7-21-16/h3-9,11H,10H2,1-2H3;2-8,10H,9H2,1H3. The molecule has 8 aromatic rings. The Morgan fingerprint density at radius 1 is 0.667 bits per heavy atom. The number of halogens is 3. The van der Waals surface area contributed by atoms with Crippen molar-refractivity contribution >= 4 is 95.4 Å². The van der Waals surface area contributed by atoms with Crippen LogP contribution in [0.15, 0.2) is 97.8 Å². The number of hydrogen-bond acceptors (Lipinski definition) is 8. The Balaban J connectivity index is 0.000000160. The van der Waals surface area contributed by atoms with Gasteiger partial charge in [0.05, 0.1) is 71.4 Å². The topological polar surface area (TPSA) is 106 Å². The van der Waals surface area contributed by atoms with Crippen molar-refractivity contribution in [1.29, 1.82) is 0 Å². The lowest BCUT2D eigenvalue weighted by atomic mass is 10.1. The van der Waals surface area contributed by atoms with E-state index in [1.807, 2.05) is 53.2 Å². The molecule has 0 aliphatic carbocycles. The zero-order valence-corrected chi connectivity index (χ0v) is 31.3. The van der Waals surface area contributed by atoms with E-state index in [-0.39, 0.29) is 0 Å². The second-order valence-corrected chi connectivity index (χ2v) is 13.7. The third kappa shape index (κ3) is 7.27. The van der Waals surface area contributed by atoms with Gasteiger partial charge in [0.1, 0.15) is 0 Å². The van der Waals surface area contributed by atoms with E-state index < -0.39 is 5.97 Å². The van der Waals surface area contributed by atoms with Gasteiger partial charge in [-0.25, -0.2) is 14.8 Å². The summed E-state index contributed by atoms with van der Waals surface area (Å²) in [6.45, 7) is 1.32. The monoisotopic (exact) mass is 830 g/mol. The molecule has 0 saturated carbocycles. The summed E-state index contributed by atoms with van der Waals surface area (Å²) in [5.74, 6) is 0.669. The van der Waals surface area contributed by atoms with Crippen molar-refractivity contribution in [3.05, 3.63) is 128 Å². The van der Waals surface area contributed by atoms with Gasteiger partial charge in [-0.05, 0) is 70.1 Å². The second kappa shape index (κ2) is 14.7. The summed E-state index contributed by atoms with van der Waals surface area (Å²) in [5, 5.41) is 5.13. The van der Waals surface area contributed by atoms with Gasteiger partial charge in [-0.2, -0.15) is 0 Å². The van der Waals surface area contributed by atoms with Crippen molar-refractivity contribution in [2.24, 2.45) is 0 Å². The molecule has 51 heavy (non-hydrogen) atoms. The zero-order valence-electron chi connectivity index (χ0n) is 27.6. The first-order valence-corrected chi connectivity index (χ1v) is 17.4. The fourth-order valence-corrected chi connectivity index (χ4v) is 7.05. The van der Waals surface area contributed by atoms with Gasteiger partial charge in [-0.15, -0.1) is 0 Å². The van der Waals surface area contributed by atoms with E-state index in [4.69, 9.17) is 37.4 Å². The molecule has 0 aliphatic rings. The lowest BCUT2D eigenvalue weighted by Crippen LogP contribution is -2.01. The number of rotatable bonds is 7. The van der Waals surface area contributed by atoms with Crippen molar-refractivity contribution in [3.8, 4) is 11.8 Å².